The van der Waals surface area contributed by atoms with Crippen molar-refractivity contribution in [1.82, 2.24) is 0 Å². The fourth-order valence-corrected chi connectivity index (χ4v) is 2.73. The number of ether oxygens (including phenoxy) is 1. The zero-order chi connectivity index (χ0) is 11.1. The van der Waals surface area contributed by atoms with Crippen LogP contribution >= 0.6 is 0 Å². The Labute approximate surface area is 78.7 Å². The summed E-state index contributed by atoms with van der Waals surface area (Å²) < 4.78 is 63.0. The zero-order valence-corrected chi connectivity index (χ0v) is 7.95. The van der Waals surface area contributed by atoms with Crippen LogP contribution in [0, 0.1) is 0 Å². The molecule has 0 aromatic heterocycles. The van der Waals surface area contributed by atoms with Gasteiger partial charge < -0.3 is 4.74 Å². The summed E-state index contributed by atoms with van der Waals surface area (Å²) in [7, 11) is -9.86. The topological polar surface area (TPSA) is 135 Å². The molecule has 0 saturated carbocycles. The molecule has 0 fully saturated rings. The van der Waals surface area contributed by atoms with E-state index in [9.17, 15) is 21.6 Å². The average Bonchev–Trinajstić information content (AvgIpc) is 2.27. The summed E-state index contributed by atoms with van der Waals surface area (Å²) in [6.07, 6.45) is 0.260. The summed E-state index contributed by atoms with van der Waals surface area (Å²) in [5.74, 6) is -1.49. The van der Waals surface area contributed by atoms with Gasteiger partial charge in [0, 0.05) is 0 Å². The highest BCUT2D eigenvalue weighted by molar-refractivity contribution is 7.93. The molecule has 0 aromatic rings. The maximum atomic E-state index is 10.7. The highest BCUT2D eigenvalue weighted by atomic mass is 32.2. The predicted octanol–water partition coefficient (Wildman–Crippen LogP) is -1.47. The molecule has 1 heterocycles. The van der Waals surface area contributed by atoms with Crippen LogP contribution in [0.15, 0.2) is 11.2 Å². The van der Waals surface area contributed by atoms with Crippen molar-refractivity contribution in [1.29, 1.82) is 0 Å². The molecule has 10 heteroatoms. The molecule has 80 valence electrons. The second kappa shape index (κ2) is 3.02. The third kappa shape index (κ3) is 1.92. The molecule has 0 radical (unpaired) electrons. The zero-order valence-electron chi connectivity index (χ0n) is 6.32. The van der Waals surface area contributed by atoms with Crippen molar-refractivity contribution in [2.75, 3.05) is 0 Å². The van der Waals surface area contributed by atoms with Gasteiger partial charge in [-0.15, -0.1) is 0 Å². The summed E-state index contributed by atoms with van der Waals surface area (Å²) in [5.41, 5.74) is 0. The van der Waals surface area contributed by atoms with E-state index in [0.717, 1.165) is 0 Å². The van der Waals surface area contributed by atoms with E-state index in [4.69, 9.17) is 9.11 Å². The largest absolute Gasteiger partial charge is 0.432 e. The van der Waals surface area contributed by atoms with Gasteiger partial charge >= 0.3 is 5.97 Å². The Kier molecular flexibility index (Phi) is 2.39. The number of carbonyl (C=O) groups excluding carboxylic acids is 1. The maximum absolute atomic E-state index is 10.7. The number of esters is 1. The molecule has 1 rings (SSSR count). The van der Waals surface area contributed by atoms with Crippen LogP contribution in [0.4, 0.5) is 0 Å². The minimum Gasteiger partial charge on any atom is -0.432 e. The van der Waals surface area contributed by atoms with Crippen LogP contribution in [0.5, 0.6) is 0 Å². The Bertz CT molecular complexity index is 493. The number of hydrogen-bond donors (Lipinski definition) is 2. The first-order chi connectivity index (χ1) is 6.14. The van der Waals surface area contributed by atoms with Gasteiger partial charge in [-0.3, -0.25) is 9.11 Å². The standard InChI is InChI=1S/C4H4O8S2/c5-4-3(14(9,10)11)2(1-12-4)13(6,7)8/h1,3H,(H,6,7,8)(H,9,10,11). The van der Waals surface area contributed by atoms with E-state index < -0.39 is 36.4 Å². The van der Waals surface area contributed by atoms with Crippen LogP contribution in [0.2, 0.25) is 0 Å². The van der Waals surface area contributed by atoms with Gasteiger partial charge in [0.1, 0.15) is 11.2 Å². The molecule has 0 aliphatic carbocycles. The maximum Gasteiger partial charge on any atom is 0.337 e. The molecule has 2 N–H and O–H groups in total. The van der Waals surface area contributed by atoms with Crippen molar-refractivity contribution < 1.29 is 35.5 Å². The Balaban J connectivity index is 3.32. The van der Waals surface area contributed by atoms with Crippen LogP contribution in [0.25, 0.3) is 0 Å². The molecule has 1 aliphatic heterocycles. The molecule has 0 amide bonds. The Morgan fingerprint density at radius 1 is 1.21 bits per heavy atom. The van der Waals surface area contributed by atoms with E-state index in [1.807, 2.05) is 0 Å². The number of carbonyl (C=O) groups is 1. The van der Waals surface area contributed by atoms with Crippen molar-refractivity contribution in [3.05, 3.63) is 11.2 Å². The molecule has 0 saturated heterocycles. The summed E-state index contributed by atoms with van der Waals surface area (Å²) in [6.45, 7) is 0. The van der Waals surface area contributed by atoms with Gasteiger partial charge in [-0.2, -0.15) is 16.8 Å². The Morgan fingerprint density at radius 2 is 1.71 bits per heavy atom. The molecule has 1 unspecified atom stereocenters. The van der Waals surface area contributed by atoms with E-state index >= 15 is 0 Å². The molecular weight excluding hydrogens is 240 g/mol. The molecule has 0 aromatic carbocycles. The molecule has 1 aliphatic rings. The number of hydrogen-bond acceptors (Lipinski definition) is 6. The van der Waals surface area contributed by atoms with Crippen LogP contribution in [0.1, 0.15) is 0 Å². The molecule has 0 spiro atoms. The summed E-state index contributed by atoms with van der Waals surface area (Å²) >= 11 is 0. The lowest BCUT2D eigenvalue weighted by atomic mass is 10.4. The van der Waals surface area contributed by atoms with Crippen molar-refractivity contribution in [2.24, 2.45) is 0 Å². The van der Waals surface area contributed by atoms with E-state index in [1.165, 1.54) is 0 Å². The highest BCUT2D eigenvalue weighted by Gasteiger charge is 2.46. The van der Waals surface area contributed by atoms with Gasteiger partial charge in [-0.25, -0.2) is 4.79 Å². The fraction of sp³-hybridized carbons (Fsp3) is 0.250. The first kappa shape index (κ1) is 11.1. The third-order valence-electron chi connectivity index (χ3n) is 1.36. The Hall–Kier alpha value is -0.970. The third-order valence-corrected chi connectivity index (χ3v) is 3.48. The van der Waals surface area contributed by atoms with E-state index in [0.29, 0.717) is 0 Å². The van der Waals surface area contributed by atoms with Crippen LogP contribution < -0.4 is 0 Å². The normalized spacial score (nSPS) is 23.1. The predicted molar refractivity (Wildman–Crippen MR) is 41.1 cm³/mol. The van der Waals surface area contributed by atoms with Gasteiger partial charge in [0.05, 0.1) is 0 Å². The molecule has 1 atom stereocenters. The van der Waals surface area contributed by atoms with E-state index in [1.54, 1.807) is 0 Å². The van der Waals surface area contributed by atoms with Gasteiger partial charge in [0.25, 0.3) is 20.2 Å². The lowest BCUT2D eigenvalue weighted by Crippen LogP contribution is -2.31. The highest BCUT2D eigenvalue weighted by Crippen LogP contribution is 2.23. The first-order valence-corrected chi connectivity index (χ1v) is 5.92. The molecule has 0 bridgehead atoms. The van der Waals surface area contributed by atoms with E-state index in [2.05, 4.69) is 4.74 Å². The first-order valence-electron chi connectivity index (χ1n) is 2.98. The van der Waals surface area contributed by atoms with Gasteiger partial charge in [0.2, 0.25) is 5.25 Å². The molecule has 8 nitrogen and oxygen atoms in total. The van der Waals surface area contributed by atoms with Crippen molar-refractivity contribution in [3.8, 4) is 0 Å². The second-order valence-electron chi connectivity index (χ2n) is 2.33. The molecule has 14 heavy (non-hydrogen) atoms. The SMILES string of the molecule is O=C1OC=C(S(=O)(=O)O)C1S(=O)(=O)O. The summed E-state index contributed by atoms with van der Waals surface area (Å²) in [5, 5.41) is -2.41. The minimum atomic E-state index is -4.97. The van der Waals surface area contributed by atoms with Crippen molar-refractivity contribution in [3.63, 3.8) is 0 Å². The number of cyclic esters (lactones) is 1. The smallest absolute Gasteiger partial charge is 0.337 e. The Morgan fingerprint density at radius 3 is 2.00 bits per heavy atom. The fourth-order valence-electron chi connectivity index (χ4n) is 0.820. The summed E-state index contributed by atoms with van der Waals surface area (Å²) in [4.78, 5) is 9.49. The van der Waals surface area contributed by atoms with E-state index in [-0.39, 0.29) is 6.26 Å². The molecular formula is C4H4O8S2. The lowest BCUT2D eigenvalue weighted by Gasteiger charge is -2.03. The van der Waals surface area contributed by atoms with Gasteiger partial charge in [-0.05, 0) is 0 Å². The van der Waals surface area contributed by atoms with Crippen LogP contribution in [-0.4, -0.2) is 37.2 Å². The monoisotopic (exact) mass is 244 g/mol. The van der Waals surface area contributed by atoms with Crippen molar-refractivity contribution >= 4 is 26.2 Å². The summed E-state index contributed by atoms with van der Waals surface area (Å²) in [6, 6.07) is 0. The van der Waals surface area contributed by atoms with Crippen LogP contribution in [-0.2, 0) is 29.8 Å². The average molecular weight is 244 g/mol. The quantitative estimate of drug-likeness (QED) is 0.444. The van der Waals surface area contributed by atoms with Gasteiger partial charge in [0.15, 0.2) is 0 Å². The minimum absolute atomic E-state index is 0.260. The van der Waals surface area contributed by atoms with Gasteiger partial charge in [-0.1, -0.05) is 0 Å². The lowest BCUT2D eigenvalue weighted by molar-refractivity contribution is -0.135. The van der Waals surface area contributed by atoms with Crippen LogP contribution in [0.3, 0.4) is 0 Å². The van der Waals surface area contributed by atoms with Crippen molar-refractivity contribution in [2.45, 2.75) is 5.25 Å². The number of rotatable bonds is 2. The second-order valence-corrected chi connectivity index (χ2v) is 5.25.